The Morgan fingerprint density at radius 3 is 2.55 bits per heavy atom. The smallest absolute Gasteiger partial charge is 0.0964 e. The fourth-order valence-electron chi connectivity index (χ4n) is 1.77. The lowest BCUT2D eigenvalue weighted by atomic mass is 10.0. The van der Waals surface area contributed by atoms with Gasteiger partial charge in [-0.3, -0.25) is 0 Å². The molecule has 20 heavy (non-hydrogen) atoms. The van der Waals surface area contributed by atoms with E-state index >= 15 is 0 Å². The topological polar surface area (TPSA) is 38.4 Å². The molecule has 0 aliphatic carbocycles. The van der Waals surface area contributed by atoms with Gasteiger partial charge in [0.1, 0.15) is 0 Å². The van der Waals surface area contributed by atoms with Crippen molar-refractivity contribution in [3.63, 3.8) is 0 Å². The van der Waals surface area contributed by atoms with Crippen LogP contribution in [0.3, 0.4) is 0 Å². The molecule has 0 aliphatic rings. The SMILES string of the molecule is C=C(C)SC(=C/CC)/N=C\C(=C/C)CC[C@H](N)CCC. The molecule has 0 rings (SSSR count). The molecule has 2 N–H and O–H groups in total. The average molecular weight is 295 g/mol. The van der Waals surface area contributed by atoms with Crippen LogP contribution >= 0.6 is 11.8 Å². The third-order valence-electron chi connectivity index (χ3n) is 2.85. The van der Waals surface area contributed by atoms with E-state index in [0.29, 0.717) is 6.04 Å². The fraction of sp³-hybridized carbons (Fsp3) is 0.588. The largest absolute Gasteiger partial charge is 0.328 e. The van der Waals surface area contributed by atoms with Gasteiger partial charge in [0, 0.05) is 12.3 Å². The van der Waals surface area contributed by atoms with Crippen molar-refractivity contribution < 1.29 is 0 Å². The molecule has 0 spiro atoms. The van der Waals surface area contributed by atoms with E-state index in [0.717, 1.165) is 42.0 Å². The van der Waals surface area contributed by atoms with Crippen molar-refractivity contribution in [3.8, 4) is 0 Å². The first-order valence-electron chi connectivity index (χ1n) is 7.51. The monoisotopic (exact) mass is 294 g/mol. The molecular formula is C17H30N2S. The first kappa shape index (κ1) is 19.2. The highest BCUT2D eigenvalue weighted by molar-refractivity contribution is 8.06. The highest BCUT2D eigenvalue weighted by atomic mass is 32.2. The van der Waals surface area contributed by atoms with E-state index in [2.05, 4.69) is 44.5 Å². The number of hydrogen-bond donors (Lipinski definition) is 1. The van der Waals surface area contributed by atoms with E-state index in [4.69, 9.17) is 5.73 Å². The van der Waals surface area contributed by atoms with Gasteiger partial charge >= 0.3 is 0 Å². The van der Waals surface area contributed by atoms with Crippen molar-refractivity contribution in [3.05, 3.63) is 34.2 Å². The summed E-state index contributed by atoms with van der Waals surface area (Å²) in [6, 6.07) is 0.304. The van der Waals surface area contributed by atoms with Gasteiger partial charge in [0.05, 0.1) is 5.03 Å². The molecule has 0 heterocycles. The summed E-state index contributed by atoms with van der Waals surface area (Å²) in [5.74, 6) is 0. The van der Waals surface area contributed by atoms with Crippen LogP contribution in [0.4, 0.5) is 0 Å². The van der Waals surface area contributed by atoms with Gasteiger partial charge in [0.15, 0.2) is 0 Å². The van der Waals surface area contributed by atoms with Crippen molar-refractivity contribution in [2.45, 2.75) is 65.8 Å². The summed E-state index contributed by atoms with van der Waals surface area (Å²) in [6.07, 6.45) is 11.5. The minimum Gasteiger partial charge on any atom is -0.328 e. The lowest BCUT2D eigenvalue weighted by Crippen LogP contribution is -2.19. The van der Waals surface area contributed by atoms with E-state index in [9.17, 15) is 0 Å². The quantitative estimate of drug-likeness (QED) is 0.546. The Kier molecular flexibility index (Phi) is 11.5. The highest BCUT2D eigenvalue weighted by Crippen LogP contribution is 2.25. The normalized spacial score (nSPS) is 14.8. The lowest BCUT2D eigenvalue weighted by Gasteiger charge is -2.10. The summed E-state index contributed by atoms with van der Waals surface area (Å²) in [5.41, 5.74) is 7.31. The Morgan fingerprint density at radius 1 is 1.35 bits per heavy atom. The van der Waals surface area contributed by atoms with Crippen LogP contribution < -0.4 is 5.73 Å². The lowest BCUT2D eigenvalue weighted by molar-refractivity contribution is 0.563. The van der Waals surface area contributed by atoms with Gasteiger partial charge in [-0.1, -0.05) is 50.8 Å². The Morgan fingerprint density at radius 2 is 2.05 bits per heavy atom. The van der Waals surface area contributed by atoms with E-state index in [1.165, 1.54) is 5.57 Å². The van der Waals surface area contributed by atoms with Crippen LogP contribution in [0.15, 0.2) is 39.2 Å². The summed E-state index contributed by atoms with van der Waals surface area (Å²) in [4.78, 5) is 5.64. The van der Waals surface area contributed by atoms with E-state index in [1.807, 2.05) is 13.1 Å². The van der Waals surface area contributed by atoms with E-state index < -0.39 is 0 Å². The van der Waals surface area contributed by atoms with Crippen molar-refractivity contribution in [2.75, 3.05) is 0 Å². The fourth-order valence-corrected chi connectivity index (χ4v) is 2.48. The van der Waals surface area contributed by atoms with Crippen LogP contribution in [0.25, 0.3) is 0 Å². The third-order valence-corrected chi connectivity index (χ3v) is 3.68. The molecule has 3 heteroatoms. The van der Waals surface area contributed by atoms with Crippen LogP contribution in [0.5, 0.6) is 0 Å². The molecule has 0 aromatic rings. The minimum atomic E-state index is 0.304. The number of nitrogens with two attached hydrogens (primary N) is 1. The predicted octanol–water partition coefficient (Wildman–Crippen LogP) is 5.43. The molecule has 0 amide bonds. The van der Waals surface area contributed by atoms with Crippen LogP contribution in [-0.4, -0.2) is 12.3 Å². The molecule has 0 bridgehead atoms. The second-order valence-corrected chi connectivity index (χ2v) is 6.28. The number of thioether (sulfide) groups is 1. The van der Waals surface area contributed by atoms with Gasteiger partial charge in [-0.25, -0.2) is 4.99 Å². The van der Waals surface area contributed by atoms with Crippen LogP contribution in [-0.2, 0) is 0 Å². The van der Waals surface area contributed by atoms with Gasteiger partial charge in [0.2, 0.25) is 0 Å². The average Bonchev–Trinajstić information content (AvgIpc) is 2.38. The molecular weight excluding hydrogens is 264 g/mol. The zero-order valence-electron chi connectivity index (χ0n) is 13.5. The first-order chi connectivity index (χ1) is 9.53. The van der Waals surface area contributed by atoms with Crippen LogP contribution in [0, 0.1) is 0 Å². The zero-order valence-corrected chi connectivity index (χ0v) is 14.3. The standard InChI is InChI=1S/C17H30N2S/c1-6-9-16(18)12-11-15(8-3)13-19-17(10-7-2)20-14(4)5/h8,10,13,16H,4,6-7,9,11-12,18H2,1-3,5H3/b15-8-,17-10+,19-13-/t16-/m1/s1. The Labute approximate surface area is 129 Å². The van der Waals surface area contributed by atoms with Gasteiger partial charge < -0.3 is 5.73 Å². The summed E-state index contributed by atoms with van der Waals surface area (Å²) in [7, 11) is 0. The van der Waals surface area contributed by atoms with Gasteiger partial charge in [-0.2, -0.15) is 0 Å². The Bertz CT molecular complexity index is 367. The van der Waals surface area contributed by atoms with E-state index in [-0.39, 0.29) is 0 Å². The number of allylic oxidation sites excluding steroid dienone is 4. The van der Waals surface area contributed by atoms with Gasteiger partial charge in [-0.15, -0.1) is 0 Å². The molecule has 1 atom stereocenters. The van der Waals surface area contributed by atoms with Gasteiger partial charge in [-0.05, 0) is 50.0 Å². The maximum absolute atomic E-state index is 6.06. The molecule has 0 unspecified atom stereocenters. The predicted molar refractivity (Wildman–Crippen MR) is 95.1 cm³/mol. The molecule has 0 aromatic carbocycles. The van der Waals surface area contributed by atoms with E-state index in [1.54, 1.807) is 11.8 Å². The number of rotatable bonds is 10. The number of aliphatic imine (C=N–C) groups is 1. The molecule has 0 saturated carbocycles. The summed E-state index contributed by atoms with van der Waals surface area (Å²) < 4.78 is 0. The molecule has 0 radical (unpaired) electrons. The van der Waals surface area contributed by atoms with Crippen LogP contribution in [0.1, 0.15) is 59.8 Å². The molecule has 114 valence electrons. The van der Waals surface area contributed by atoms with Crippen molar-refractivity contribution >= 4 is 18.0 Å². The third kappa shape index (κ3) is 10.0. The second-order valence-electron chi connectivity index (χ2n) is 4.96. The van der Waals surface area contributed by atoms with Crippen LogP contribution in [0.2, 0.25) is 0 Å². The summed E-state index contributed by atoms with van der Waals surface area (Å²) in [5, 5.41) is 1.03. The minimum absolute atomic E-state index is 0.304. The molecule has 0 aromatic heterocycles. The number of nitrogens with zero attached hydrogens (tertiary/aromatic N) is 1. The zero-order chi connectivity index (χ0) is 15.4. The maximum Gasteiger partial charge on any atom is 0.0964 e. The van der Waals surface area contributed by atoms with Gasteiger partial charge in [0.25, 0.3) is 0 Å². The molecule has 0 aliphatic heterocycles. The molecule has 0 saturated heterocycles. The van der Waals surface area contributed by atoms with Crippen molar-refractivity contribution in [2.24, 2.45) is 10.7 Å². The van der Waals surface area contributed by atoms with Crippen molar-refractivity contribution in [1.29, 1.82) is 0 Å². The maximum atomic E-state index is 6.06. The Hall–Kier alpha value is -0.800. The highest BCUT2D eigenvalue weighted by Gasteiger charge is 2.02. The molecule has 0 fully saturated rings. The Balaban J connectivity index is 4.49. The molecule has 2 nitrogen and oxygen atoms in total. The summed E-state index contributed by atoms with van der Waals surface area (Å²) >= 11 is 1.63. The number of hydrogen-bond acceptors (Lipinski definition) is 3. The summed E-state index contributed by atoms with van der Waals surface area (Å²) in [6.45, 7) is 12.3. The second kappa shape index (κ2) is 12.0. The first-order valence-corrected chi connectivity index (χ1v) is 8.33. The van der Waals surface area contributed by atoms with Crippen molar-refractivity contribution in [1.82, 2.24) is 0 Å².